The highest BCUT2D eigenvalue weighted by molar-refractivity contribution is 14.1. The van der Waals surface area contributed by atoms with E-state index in [2.05, 4.69) is 165 Å². The largest absolute Gasteiger partial charge is 0.497 e. The van der Waals surface area contributed by atoms with Gasteiger partial charge in [0.05, 0.1) is 21.3 Å². The Hall–Kier alpha value is -5.05. The van der Waals surface area contributed by atoms with E-state index in [0.717, 1.165) is 28.5 Å². The van der Waals surface area contributed by atoms with Crippen LogP contribution in [0.3, 0.4) is 0 Å². The Kier molecular flexibility index (Phi) is 17.3. The number of ether oxygens (including phenoxy) is 3. The number of aryl methyl sites for hydroxylation is 6. The summed E-state index contributed by atoms with van der Waals surface area (Å²) in [6, 6.07) is 49.6. The SMILES string of the molecule is COc1cccc(-c2ccc(C)cc2C)c1.COc1cccc(-c2ccc(I)cc2C)c1.COc1cccc(-c2ccc(N)cc2C)c1.Cc1ccc(Br)c(C)c1. The van der Waals surface area contributed by atoms with Crippen molar-refractivity contribution in [3.8, 4) is 50.6 Å². The molecule has 0 bridgehead atoms. The Morgan fingerprint density at radius 2 is 0.807 bits per heavy atom. The van der Waals surface area contributed by atoms with E-state index in [-0.39, 0.29) is 0 Å². The molecule has 2 N–H and O–H groups in total. The lowest BCUT2D eigenvalue weighted by Gasteiger charge is -2.08. The number of nitrogens with two attached hydrogens (primary N) is 1. The molecule has 0 unspecified atom stereocenters. The van der Waals surface area contributed by atoms with Crippen LogP contribution < -0.4 is 19.9 Å². The Morgan fingerprint density at radius 3 is 1.19 bits per heavy atom. The van der Waals surface area contributed by atoms with E-state index in [0.29, 0.717) is 0 Å². The van der Waals surface area contributed by atoms with E-state index in [1.165, 1.54) is 69.2 Å². The summed E-state index contributed by atoms with van der Waals surface area (Å²) >= 11 is 5.76. The van der Waals surface area contributed by atoms with E-state index in [1.807, 2.05) is 60.7 Å². The molecule has 7 rings (SSSR count). The minimum Gasteiger partial charge on any atom is -0.497 e. The van der Waals surface area contributed by atoms with Gasteiger partial charge in [-0.1, -0.05) is 106 Å². The Morgan fingerprint density at radius 1 is 0.421 bits per heavy atom. The van der Waals surface area contributed by atoms with Gasteiger partial charge in [0.25, 0.3) is 0 Å². The number of methoxy groups -OCH3 is 3. The highest BCUT2D eigenvalue weighted by atomic mass is 127. The highest BCUT2D eigenvalue weighted by Gasteiger charge is 2.05. The van der Waals surface area contributed by atoms with Crippen LogP contribution in [0, 0.1) is 45.1 Å². The van der Waals surface area contributed by atoms with Gasteiger partial charge in [-0.2, -0.15) is 0 Å². The van der Waals surface area contributed by atoms with Crippen LogP contribution in [0.2, 0.25) is 0 Å². The molecule has 7 aromatic carbocycles. The quantitative estimate of drug-likeness (QED) is 0.133. The number of nitrogen functional groups attached to an aromatic ring is 1. The van der Waals surface area contributed by atoms with Crippen molar-refractivity contribution in [2.45, 2.75) is 41.5 Å². The van der Waals surface area contributed by atoms with E-state index in [1.54, 1.807) is 21.3 Å². The first kappa shape index (κ1) is 44.7. The summed E-state index contributed by atoms with van der Waals surface area (Å²) in [5.74, 6) is 2.67. The third kappa shape index (κ3) is 13.5. The van der Waals surface area contributed by atoms with Crippen molar-refractivity contribution in [2.75, 3.05) is 27.1 Å². The van der Waals surface area contributed by atoms with Gasteiger partial charge in [0, 0.05) is 13.7 Å². The molecule has 294 valence electrons. The van der Waals surface area contributed by atoms with Gasteiger partial charge in [-0.3, -0.25) is 0 Å². The summed E-state index contributed by atoms with van der Waals surface area (Å²) in [5, 5.41) is 0. The smallest absolute Gasteiger partial charge is 0.119 e. The predicted octanol–water partition coefficient (Wildman–Crippen LogP) is 14.6. The Labute approximate surface area is 362 Å². The maximum atomic E-state index is 5.74. The normalized spacial score (nSPS) is 10.1. The lowest BCUT2D eigenvalue weighted by molar-refractivity contribution is 0.415. The topological polar surface area (TPSA) is 53.7 Å². The second-order valence-electron chi connectivity index (χ2n) is 13.8. The second-order valence-corrected chi connectivity index (χ2v) is 15.9. The van der Waals surface area contributed by atoms with Crippen LogP contribution >= 0.6 is 38.5 Å². The van der Waals surface area contributed by atoms with E-state index >= 15 is 0 Å². The molecule has 57 heavy (non-hydrogen) atoms. The molecule has 0 aliphatic heterocycles. The molecular formula is C51H53BrINO3. The van der Waals surface area contributed by atoms with Gasteiger partial charge >= 0.3 is 0 Å². The van der Waals surface area contributed by atoms with Crippen molar-refractivity contribution >= 4 is 44.2 Å². The van der Waals surface area contributed by atoms with Crippen molar-refractivity contribution in [3.63, 3.8) is 0 Å². The van der Waals surface area contributed by atoms with Crippen LogP contribution in [0.15, 0.2) is 150 Å². The molecular weight excluding hydrogens is 881 g/mol. The van der Waals surface area contributed by atoms with Crippen LogP contribution in [-0.2, 0) is 0 Å². The number of rotatable bonds is 6. The van der Waals surface area contributed by atoms with Gasteiger partial charge in [0.2, 0.25) is 0 Å². The number of anilines is 1. The molecule has 7 aromatic rings. The van der Waals surface area contributed by atoms with Gasteiger partial charge in [0.15, 0.2) is 0 Å². The monoisotopic (exact) mass is 933 g/mol. The fourth-order valence-corrected chi connectivity index (χ4v) is 7.16. The van der Waals surface area contributed by atoms with E-state index < -0.39 is 0 Å². The molecule has 0 fully saturated rings. The maximum absolute atomic E-state index is 5.74. The standard InChI is InChI=1S/C15H16O.C14H13IO.C14H15NO.C8H9Br/c1-11-7-8-15(12(2)9-11)13-5-4-6-14(10-13)16-3;2*1-10-8-12(15)6-7-14(10)11-4-3-5-13(9-11)16-2;1-6-3-4-8(9)7(2)5-6/h4-10H,1-3H3;3-9H,1-2H3;3-9H,15H2,1-2H3;3-5H,1-2H3. The van der Waals surface area contributed by atoms with Gasteiger partial charge in [-0.15, -0.1) is 0 Å². The number of benzene rings is 7. The third-order valence-electron chi connectivity index (χ3n) is 9.28. The molecule has 0 aliphatic rings. The molecule has 0 aliphatic carbocycles. The lowest BCUT2D eigenvalue weighted by Crippen LogP contribution is -1.89. The minimum absolute atomic E-state index is 0.796. The van der Waals surface area contributed by atoms with Gasteiger partial charge in [-0.25, -0.2) is 0 Å². The zero-order valence-electron chi connectivity index (χ0n) is 34.4. The van der Waals surface area contributed by atoms with Crippen molar-refractivity contribution in [2.24, 2.45) is 0 Å². The first-order valence-corrected chi connectivity index (χ1v) is 20.5. The van der Waals surface area contributed by atoms with Crippen molar-refractivity contribution < 1.29 is 14.2 Å². The maximum Gasteiger partial charge on any atom is 0.119 e. The number of hydrogen-bond acceptors (Lipinski definition) is 4. The molecule has 6 heteroatoms. The van der Waals surface area contributed by atoms with Crippen LogP contribution in [0.4, 0.5) is 5.69 Å². The van der Waals surface area contributed by atoms with Crippen LogP contribution in [0.5, 0.6) is 17.2 Å². The molecule has 0 aromatic heterocycles. The summed E-state index contributed by atoms with van der Waals surface area (Å²) in [4.78, 5) is 0. The summed E-state index contributed by atoms with van der Waals surface area (Å²) in [6.07, 6.45) is 0. The third-order valence-corrected chi connectivity index (χ3v) is 10.8. The summed E-state index contributed by atoms with van der Waals surface area (Å²) in [5.41, 5.74) is 21.5. The Bertz CT molecular complexity index is 2160. The van der Waals surface area contributed by atoms with E-state index in [9.17, 15) is 0 Å². The second kappa shape index (κ2) is 22.0. The van der Waals surface area contributed by atoms with Crippen LogP contribution in [-0.4, -0.2) is 21.3 Å². The molecule has 0 saturated carbocycles. The fourth-order valence-electron chi connectivity index (χ4n) is 6.27. The average Bonchev–Trinajstić information content (AvgIpc) is 3.20. The van der Waals surface area contributed by atoms with Gasteiger partial charge in [-0.05, 0) is 186 Å². The summed E-state index contributed by atoms with van der Waals surface area (Å²) in [6.45, 7) is 12.6. The number of halogens is 2. The predicted molar refractivity (Wildman–Crippen MR) is 255 cm³/mol. The first-order chi connectivity index (χ1) is 27.3. The summed E-state index contributed by atoms with van der Waals surface area (Å²) < 4.78 is 18.1. The molecule has 4 nitrogen and oxygen atoms in total. The van der Waals surface area contributed by atoms with Crippen LogP contribution in [0.25, 0.3) is 33.4 Å². The molecule has 0 saturated heterocycles. The lowest BCUT2D eigenvalue weighted by atomic mass is 9.99. The molecule has 0 spiro atoms. The Balaban J connectivity index is 0.000000172. The minimum atomic E-state index is 0.796. The van der Waals surface area contributed by atoms with Crippen molar-refractivity contribution in [1.82, 2.24) is 0 Å². The number of hydrogen-bond donors (Lipinski definition) is 1. The summed E-state index contributed by atoms with van der Waals surface area (Å²) in [7, 11) is 5.07. The highest BCUT2D eigenvalue weighted by Crippen LogP contribution is 2.30. The fraction of sp³-hybridized carbons (Fsp3) is 0.176. The molecule has 0 heterocycles. The average molecular weight is 935 g/mol. The molecule has 0 atom stereocenters. The zero-order chi connectivity index (χ0) is 41.5. The van der Waals surface area contributed by atoms with Gasteiger partial charge in [0.1, 0.15) is 17.2 Å². The molecule has 0 radical (unpaired) electrons. The van der Waals surface area contributed by atoms with Gasteiger partial charge < -0.3 is 19.9 Å². The zero-order valence-corrected chi connectivity index (χ0v) is 38.2. The van der Waals surface area contributed by atoms with Crippen molar-refractivity contribution in [3.05, 3.63) is 187 Å². The van der Waals surface area contributed by atoms with Crippen LogP contribution in [0.1, 0.15) is 33.4 Å². The van der Waals surface area contributed by atoms with Crippen molar-refractivity contribution in [1.29, 1.82) is 0 Å². The molecule has 0 amide bonds. The first-order valence-electron chi connectivity index (χ1n) is 18.7. The van der Waals surface area contributed by atoms with E-state index in [4.69, 9.17) is 19.9 Å².